The lowest BCUT2D eigenvalue weighted by molar-refractivity contribution is -0.119. The molecule has 7 rings (SSSR count). The van der Waals surface area contributed by atoms with Gasteiger partial charge in [0.1, 0.15) is 11.5 Å². The molecule has 4 aromatic heterocycles. The van der Waals surface area contributed by atoms with Crippen molar-refractivity contribution in [3.63, 3.8) is 0 Å². The molecular weight excluding hydrogens is 595 g/mol. The van der Waals surface area contributed by atoms with Gasteiger partial charge in [0, 0.05) is 41.5 Å². The summed E-state index contributed by atoms with van der Waals surface area (Å²) in [5.74, 6) is 0.0821. The van der Waals surface area contributed by atoms with Crippen LogP contribution in [-0.4, -0.2) is 50.7 Å². The van der Waals surface area contributed by atoms with E-state index in [1.54, 1.807) is 24.7 Å². The van der Waals surface area contributed by atoms with E-state index in [2.05, 4.69) is 35.2 Å². The molecule has 11 nitrogen and oxygen atoms in total. The monoisotopic (exact) mass is 624 g/mol. The molecular formula is C32H29FN8O3S. The Morgan fingerprint density at radius 1 is 1.02 bits per heavy atom. The normalized spacial score (nSPS) is 14.0. The summed E-state index contributed by atoms with van der Waals surface area (Å²) in [5, 5.41) is 11.2. The molecule has 1 amide bonds. The van der Waals surface area contributed by atoms with Crippen LogP contribution in [0.1, 0.15) is 31.2 Å². The summed E-state index contributed by atoms with van der Waals surface area (Å²) in [7, 11) is -3.44. The molecule has 4 heterocycles. The maximum Gasteiger partial charge on any atom is 0.227 e. The van der Waals surface area contributed by atoms with Crippen molar-refractivity contribution in [1.82, 2.24) is 34.9 Å². The first-order valence-corrected chi connectivity index (χ1v) is 16.4. The first kappa shape index (κ1) is 28.7. The highest BCUT2D eigenvalue weighted by atomic mass is 32.2. The fraction of sp³-hybridized carbons (Fsp3) is 0.219. The lowest BCUT2D eigenvalue weighted by Gasteiger charge is -2.11. The molecule has 228 valence electrons. The van der Waals surface area contributed by atoms with Gasteiger partial charge in [0.2, 0.25) is 15.9 Å². The number of benzene rings is 2. The lowest BCUT2D eigenvalue weighted by atomic mass is 10.0. The Morgan fingerprint density at radius 3 is 2.67 bits per heavy atom. The number of halogens is 1. The third-order valence-electron chi connectivity index (χ3n) is 8.03. The number of nitrogens with one attached hydrogen (secondary N) is 4. The van der Waals surface area contributed by atoms with E-state index in [-0.39, 0.29) is 18.4 Å². The van der Waals surface area contributed by atoms with Crippen molar-refractivity contribution >= 4 is 43.7 Å². The van der Waals surface area contributed by atoms with Gasteiger partial charge < -0.3 is 10.3 Å². The largest absolute Gasteiger partial charge is 0.337 e. The smallest absolute Gasteiger partial charge is 0.227 e. The standard InChI is InChI=1S/C32H29FN8O3S/c1-45(43,44)36-14-18-9-20(11-23(33)10-18)25-7-4-8-27-28(25)39-31(38-27)29-26-13-22(16-35-30(26)41-40-29)21-12-24(17-34-15-21)37-32(42)19-5-2-3-6-19/h4,7-13,15-17,19,36H,2-3,5-6,14H2,1H3,(H,37,42)(H,38,39)(H,35,40,41). The van der Waals surface area contributed by atoms with Crippen LogP contribution in [0.15, 0.2) is 67.1 Å². The first-order valence-electron chi connectivity index (χ1n) is 14.5. The second-order valence-corrected chi connectivity index (χ2v) is 13.2. The number of amides is 1. The van der Waals surface area contributed by atoms with Gasteiger partial charge in [-0.2, -0.15) is 5.10 Å². The van der Waals surface area contributed by atoms with Crippen molar-refractivity contribution in [3.8, 4) is 33.8 Å². The van der Waals surface area contributed by atoms with Gasteiger partial charge in [-0.05, 0) is 60.4 Å². The van der Waals surface area contributed by atoms with Crippen LogP contribution in [-0.2, 0) is 21.4 Å². The fourth-order valence-electron chi connectivity index (χ4n) is 5.84. The molecule has 0 atom stereocenters. The second kappa shape index (κ2) is 11.5. The van der Waals surface area contributed by atoms with Crippen molar-refractivity contribution in [2.45, 2.75) is 32.2 Å². The van der Waals surface area contributed by atoms with Crippen molar-refractivity contribution in [2.24, 2.45) is 5.92 Å². The van der Waals surface area contributed by atoms with Gasteiger partial charge in [0.25, 0.3) is 0 Å². The maximum atomic E-state index is 14.6. The number of anilines is 1. The highest BCUT2D eigenvalue weighted by Crippen LogP contribution is 2.34. The van der Waals surface area contributed by atoms with Crippen LogP contribution in [0, 0.1) is 11.7 Å². The van der Waals surface area contributed by atoms with E-state index in [0.29, 0.717) is 45.1 Å². The maximum absolute atomic E-state index is 14.6. The molecule has 0 bridgehead atoms. The summed E-state index contributed by atoms with van der Waals surface area (Å²) in [4.78, 5) is 29.8. The van der Waals surface area contributed by atoms with Gasteiger partial charge in [-0.25, -0.2) is 27.5 Å². The summed E-state index contributed by atoms with van der Waals surface area (Å²) >= 11 is 0. The lowest BCUT2D eigenvalue weighted by Crippen LogP contribution is -2.21. The SMILES string of the molecule is CS(=O)(=O)NCc1cc(F)cc(-c2cccc3[nH]c(-c4n[nH]c5ncc(-c6cncc(NC(=O)C7CCCC7)c6)cc45)nc23)c1. The van der Waals surface area contributed by atoms with Crippen LogP contribution >= 0.6 is 0 Å². The van der Waals surface area contributed by atoms with Crippen molar-refractivity contribution in [3.05, 3.63) is 78.5 Å². The molecule has 0 unspecified atom stereocenters. The van der Waals surface area contributed by atoms with E-state index in [1.807, 2.05) is 30.3 Å². The summed E-state index contributed by atoms with van der Waals surface area (Å²) in [5.41, 5.74) is 6.39. The molecule has 0 aliphatic heterocycles. The van der Waals surface area contributed by atoms with Gasteiger partial charge in [0.15, 0.2) is 11.5 Å². The number of carbonyl (C=O) groups excluding carboxylic acids is 1. The number of nitrogens with zero attached hydrogens (tertiary/aromatic N) is 4. The number of hydrogen-bond donors (Lipinski definition) is 4. The molecule has 13 heteroatoms. The van der Waals surface area contributed by atoms with Crippen LogP contribution in [0.5, 0.6) is 0 Å². The predicted octanol–water partition coefficient (Wildman–Crippen LogP) is 5.55. The highest BCUT2D eigenvalue weighted by molar-refractivity contribution is 7.88. The second-order valence-electron chi connectivity index (χ2n) is 11.4. The Kier molecular flexibility index (Phi) is 7.34. The zero-order chi connectivity index (χ0) is 31.1. The number of aromatic amines is 2. The number of imidazole rings is 1. The molecule has 1 aliphatic carbocycles. The average molecular weight is 625 g/mol. The van der Waals surface area contributed by atoms with Crippen LogP contribution in [0.4, 0.5) is 10.1 Å². The van der Waals surface area contributed by atoms with E-state index < -0.39 is 15.8 Å². The Morgan fingerprint density at radius 2 is 1.84 bits per heavy atom. The molecule has 1 fully saturated rings. The molecule has 2 aromatic carbocycles. The number of aromatic nitrogens is 6. The number of pyridine rings is 2. The van der Waals surface area contributed by atoms with Crippen LogP contribution in [0.25, 0.3) is 55.8 Å². The van der Waals surface area contributed by atoms with E-state index >= 15 is 0 Å². The number of para-hydroxylation sites is 1. The Hall–Kier alpha value is -5.01. The minimum Gasteiger partial charge on any atom is -0.337 e. The molecule has 1 aliphatic rings. The van der Waals surface area contributed by atoms with E-state index in [1.165, 1.54) is 12.1 Å². The predicted molar refractivity (Wildman–Crippen MR) is 170 cm³/mol. The third-order valence-corrected chi connectivity index (χ3v) is 8.69. The number of sulfonamides is 1. The van der Waals surface area contributed by atoms with Crippen LogP contribution in [0.2, 0.25) is 0 Å². The molecule has 45 heavy (non-hydrogen) atoms. The number of fused-ring (bicyclic) bond motifs is 2. The molecule has 1 saturated carbocycles. The number of rotatable bonds is 8. The first-order chi connectivity index (χ1) is 21.7. The highest BCUT2D eigenvalue weighted by Gasteiger charge is 2.23. The van der Waals surface area contributed by atoms with Crippen molar-refractivity contribution in [1.29, 1.82) is 0 Å². The van der Waals surface area contributed by atoms with Gasteiger partial charge in [-0.3, -0.25) is 14.9 Å². The van der Waals surface area contributed by atoms with Gasteiger partial charge >= 0.3 is 0 Å². The quantitative estimate of drug-likeness (QED) is 0.173. The van der Waals surface area contributed by atoms with E-state index in [0.717, 1.165) is 54.0 Å². The van der Waals surface area contributed by atoms with Gasteiger partial charge in [0.05, 0.1) is 34.6 Å². The minimum absolute atomic E-state index is 0.0291. The van der Waals surface area contributed by atoms with Crippen LogP contribution < -0.4 is 10.0 Å². The number of H-pyrrole nitrogens is 2. The Bertz CT molecular complexity index is 2190. The molecule has 6 aromatic rings. The summed E-state index contributed by atoms with van der Waals surface area (Å²) in [6.07, 6.45) is 10.1. The van der Waals surface area contributed by atoms with Gasteiger partial charge in [-0.15, -0.1) is 0 Å². The average Bonchev–Trinajstić information content (AvgIpc) is 3.79. The number of hydrogen-bond acceptors (Lipinski definition) is 7. The summed E-state index contributed by atoms with van der Waals surface area (Å²) < 4.78 is 40.2. The van der Waals surface area contributed by atoms with Crippen molar-refractivity contribution < 1.29 is 17.6 Å². The zero-order valence-electron chi connectivity index (χ0n) is 24.3. The van der Waals surface area contributed by atoms with E-state index in [4.69, 9.17) is 4.98 Å². The fourth-order valence-corrected chi connectivity index (χ4v) is 6.27. The van der Waals surface area contributed by atoms with E-state index in [9.17, 15) is 17.6 Å². The topological polar surface area (TPSA) is 158 Å². The summed E-state index contributed by atoms with van der Waals surface area (Å²) in [6, 6.07) is 13.8. The van der Waals surface area contributed by atoms with Gasteiger partial charge in [-0.1, -0.05) is 25.0 Å². The molecule has 0 spiro atoms. The Labute approximate surface area is 257 Å². The van der Waals surface area contributed by atoms with Crippen LogP contribution in [0.3, 0.4) is 0 Å². The van der Waals surface area contributed by atoms with Crippen molar-refractivity contribution in [2.75, 3.05) is 11.6 Å². The molecule has 0 radical (unpaired) electrons. The number of carbonyl (C=O) groups is 1. The minimum atomic E-state index is -3.44. The molecule has 4 N–H and O–H groups in total. The zero-order valence-corrected chi connectivity index (χ0v) is 25.1. The third kappa shape index (κ3) is 6.04. The Balaban J connectivity index is 1.22. The molecule has 0 saturated heterocycles. The summed E-state index contributed by atoms with van der Waals surface area (Å²) in [6.45, 7) is -0.0364.